The molecule has 1 fully saturated rings. The van der Waals surface area contributed by atoms with Crippen LogP contribution in [0.5, 0.6) is 11.5 Å². The molecule has 0 saturated carbocycles. The number of fused-ring (bicyclic) bond motifs is 1. The number of alkyl halides is 3. The number of ether oxygens (including phenoxy) is 3. The van der Waals surface area contributed by atoms with E-state index < -0.39 is 28.4 Å². The van der Waals surface area contributed by atoms with Crippen LogP contribution in [-0.4, -0.2) is 41.3 Å². The van der Waals surface area contributed by atoms with Crippen molar-refractivity contribution < 1.29 is 32.3 Å². The zero-order valence-corrected chi connectivity index (χ0v) is 19.3. The van der Waals surface area contributed by atoms with Crippen LogP contribution >= 0.6 is 11.6 Å². The average Bonchev–Trinajstić information content (AvgIpc) is 3.31. The monoisotopic (exact) mass is 512 g/mol. The summed E-state index contributed by atoms with van der Waals surface area (Å²) >= 11 is 6.09. The van der Waals surface area contributed by atoms with Crippen molar-refractivity contribution in [1.82, 2.24) is 9.97 Å². The van der Waals surface area contributed by atoms with Crippen LogP contribution in [0.15, 0.2) is 30.3 Å². The number of nitro groups is 1. The first-order valence-corrected chi connectivity index (χ1v) is 10.9. The Kier molecular flexibility index (Phi) is 6.86. The Morgan fingerprint density at radius 1 is 1.23 bits per heavy atom. The van der Waals surface area contributed by atoms with E-state index >= 15 is 0 Å². The molecule has 9 nitrogen and oxygen atoms in total. The molecule has 0 bridgehead atoms. The maximum atomic E-state index is 13.3. The van der Waals surface area contributed by atoms with E-state index in [0.29, 0.717) is 48.1 Å². The molecule has 1 aliphatic heterocycles. The highest BCUT2D eigenvalue weighted by atomic mass is 35.5. The Morgan fingerprint density at radius 3 is 2.63 bits per heavy atom. The lowest BCUT2D eigenvalue weighted by molar-refractivity contribution is -0.385. The van der Waals surface area contributed by atoms with Gasteiger partial charge in [-0.25, -0.2) is 9.97 Å². The van der Waals surface area contributed by atoms with Crippen molar-refractivity contribution in [3.05, 3.63) is 56.9 Å². The molecule has 0 aliphatic carbocycles. The third kappa shape index (κ3) is 5.49. The van der Waals surface area contributed by atoms with Gasteiger partial charge < -0.3 is 19.5 Å². The molecule has 0 amide bonds. The highest BCUT2D eigenvalue weighted by Gasteiger charge is 2.33. The van der Waals surface area contributed by atoms with Gasteiger partial charge in [0.2, 0.25) is 5.28 Å². The fourth-order valence-corrected chi connectivity index (χ4v) is 3.87. The van der Waals surface area contributed by atoms with Crippen LogP contribution in [-0.2, 0) is 10.9 Å². The van der Waals surface area contributed by atoms with Gasteiger partial charge in [-0.05, 0) is 36.2 Å². The lowest BCUT2D eigenvalue weighted by atomic mass is 10.0. The summed E-state index contributed by atoms with van der Waals surface area (Å²) in [6.45, 7) is 2.55. The number of nitrogens with one attached hydrogen (secondary N) is 1. The Balaban J connectivity index is 1.74. The van der Waals surface area contributed by atoms with E-state index in [0.717, 1.165) is 12.1 Å². The van der Waals surface area contributed by atoms with Crippen LogP contribution < -0.4 is 14.8 Å². The second kappa shape index (κ2) is 9.70. The molecule has 1 aromatic heterocycles. The summed E-state index contributed by atoms with van der Waals surface area (Å²) in [4.78, 5) is 18.7. The number of non-ortho nitro benzene ring substituents is 1. The predicted molar refractivity (Wildman–Crippen MR) is 121 cm³/mol. The number of anilines is 1. The Labute approximate surface area is 202 Å². The van der Waals surface area contributed by atoms with Gasteiger partial charge in [0.25, 0.3) is 5.69 Å². The van der Waals surface area contributed by atoms with Gasteiger partial charge in [-0.3, -0.25) is 10.1 Å². The molecule has 13 heteroatoms. The van der Waals surface area contributed by atoms with Crippen LogP contribution in [0.4, 0.5) is 24.7 Å². The van der Waals surface area contributed by atoms with Gasteiger partial charge in [0, 0.05) is 30.0 Å². The topological polar surface area (TPSA) is 109 Å². The van der Waals surface area contributed by atoms with Crippen molar-refractivity contribution in [3.8, 4) is 11.5 Å². The summed E-state index contributed by atoms with van der Waals surface area (Å²) in [5, 5.41) is 14.6. The molecule has 3 aromatic rings. The summed E-state index contributed by atoms with van der Waals surface area (Å²) in [5.41, 5.74) is -1.35. The molecule has 2 aromatic carbocycles. The predicted octanol–water partition coefficient (Wildman–Crippen LogP) is 5.56. The maximum absolute atomic E-state index is 13.3. The minimum absolute atomic E-state index is 0.0440. The molecule has 0 spiro atoms. The first kappa shape index (κ1) is 24.7. The van der Waals surface area contributed by atoms with E-state index in [1.807, 2.05) is 0 Å². The van der Waals surface area contributed by atoms with Crippen LogP contribution in [0.25, 0.3) is 10.9 Å². The van der Waals surface area contributed by atoms with Gasteiger partial charge >= 0.3 is 6.18 Å². The van der Waals surface area contributed by atoms with Crippen molar-refractivity contribution >= 4 is 34.0 Å². The Hall–Kier alpha value is -3.38. The number of hydrogen-bond donors (Lipinski definition) is 1. The van der Waals surface area contributed by atoms with Crippen LogP contribution in [0.2, 0.25) is 5.28 Å². The lowest BCUT2D eigenvalue weighted by Crippen LogP contribution is -2.16. The van der Waals surface area contributed by atoms with Crippen molar-refractivity contribution in [2.24, 2.45) is 0 Å². The van der Waals surface area contributed by atoms with Gasteiger partial charge in [-0.15, -0.1) is 0 Å². The molecule has 4 rings (SSSR count). The first-order chi connectivity index (χ1) is 16.5. The van der Waals surface area contributed by atoms with Crippen molar-refractivity contribution in [3.63, 3.8) is 0 Å². The first-order valence-electron chi connectivity index (χ1n) is 10.5. The fraction of sp³-hybridized carbons (Fsp3) is 0.364. The third-order valence-corrected chi connectivity index (χ3v) is 5.64. The summed E-state index contributed by atoms with van der Waals surface area (Å²) in [7, 11) is 1.48. The second-order valence-electron chi connectivity index (χ2n) is 7.90. The van der Waals surface area contributed by atoms with Crippen molar-refractivity contribution in [2.45, 2.75) is 31.7 Å². The summed E-state index contributed by atoms with van der Waals surface area (Å²) < 4.78 is 56.8. The minimum Gasteiger partial charge on any atom is -0.493 e. The molecule has 2 heterocycles. The van der Waals surface area contributed by atoms with Gasteiger partial charge in [-0.1, -0.05) is 0 Å². The van der Waals surface area contributed by atoms with E-state index in [-0.39, 0.29) is 22.8 Å². The van der Waals surface area contributed by atoms with Gasteiger partial charge in [0.05, 0.1) is 42.4 Å². The van der Waals surface area contributed by atoms with E-state index in [2.05, 4.69) is 15.3 Å². The smallest absolute Gasteiger partial charge is 0.416 e. The van der Waals surface area contributed by atoms with E-state index in [1.165, 1.54) is 7.11 Å². The SMILES string of the molecule is COc1cc2nc(Cl)nc(N[C@H](C)c3cc([N+](=O)[O-])cc(C(F)(F)F)c3)c2cc1OC1CCOC1. The second-order valence-corrected chi connectivity index (χ2v) is 8.24. The van der Waals surface area contributed by atoms with Gasteiger partial charge in [-0.2, -0.15) is 13.2 Å². The number of hydrogen-bond acceptors (Lipinski definition) is 8. The Bertz CT molecular complexity index is 1270. The highest BCUT2D eigenvalue weighted by Crippen LogP contribution is 2.38. The number of halogens is 4. The number of methoxy groups -OCH3 is 1. The van der Waals surface area contributed by atoms with Crippen molar-refractivity contribution in [2.75, 3.05) is 25.6 Å². The van der Waals surface area contributed by atoms with E-state index in [9.17, 15) is 23.3 Å². The Morgan fingerprint density at radius 2 is 2.00 bits per heavy atom. The fourth-order valence-electron chi connectivity index (χ4n) is 3.70. The third-order valence-electron chi connectivity index (χ3n) is 5.47. The minimum atomic E-state index is -4.75. The van der Waals surface area contributed by atoms with Crippen LogP contribution in [0.3, 0.4) is 0 Å². The largest absolute Gasteiger partial charge is 0.493 e. The highest BCUT2D eigenvalue weighted by molar-refractivity contribution is 6.28. The van der Waals surface area contributed by atoms with Crippen LogP contribution in [0.1, 0.15) is 30.5 Å². The normalized spacial score (nSPS) is 16.8. The molecule has 0 radical (unpaired) electrons. The average molecular weight is 513 g/mol. The molecule has 1 saturated heterocycles. The van der Waals surface area contributed by atoms with E-state index in [1.54, 1.807) is 19.1 Å². The zero-order valence-electron chi connectivity index (χ0n) is 18.6. The van der Waals surface area contributed by atoms with Gasteiger partial charge in [0.15, 0.2) is 11.5 Å². The molecular weight excluding hydrogens is 493 g/mol. The molecule has 1 unspecified atom stereocenters. The maximum Gasteiger partial charge on any atom is 0.416 e. The van der Waals surface area contributed by atoms with Crippen molar-refractivity contribution in [1.29, 1.82) is 0 Å². The number of nitro benzene ring substituents is 1. The van der Waals surface area contributed by atoms with Gasteiger partial charge in [0.1, 0.15) is 11.9 Å². The standard InChI is InChI=1S/C22H20ClF3N4O5/c1-11(12-5-13(22(24,25)26)7-14(6-12)30(31)32)27-20-16-8-19(35-15-3-4-34-10-15)18(33-2)9-17(16)28-21(23)29-20/h5-9,11,15H,3-4,10H2,1-2H3,(H,27,28,29)/t11-,15?/m1/s1. The summed E-state index contributed by atoms with van der Waals surface area (Å²) in [6.07, 6.45) is -4.22. The number of aromatic nitrogens is 2. The molecule has 1 aliphatic rings. The number of rotatable bonds is 7. The molecule has 1 N–H and O–H groups in total. The summed E-state index contributed by atoms with van der Waals surface area (Å²) in [5.74, 6) is 1.03. The summed E-state index contributed by atoms with van der Waals surface area (Å²) in [6, 6.07) is 4.88. The lowest BCUT2D eigenvalue weighted by Gasteiger charge is -2.19. The molecular formula is C22H20ClF3N4O5. The van der Waals surface area contributed by atoms with E-state index in [4.69, 9.17) is 25.8 Å². The molecule has 35 heavy (non-hydrogen) atoms. The number of nitrogens with zero attached hydrogens (tertiary/aromatic N) is 3. The molecule has 186 valence electrons. The number of benzene rings is 2. The zero-order chi connectivity index (χ0) is 25.3. The molecule has 2 atom stereocenters. The van der Waals surface area contributed by atoms with Crippen LogP contribution in [0, 0.1) is 10.1 Å². The quantitative estimate of drug-likeness (QED) is 0.249.